The topological polar surface area (TPSA) is 37.4 Å². The highest BCUT2D eigenvalue weighted by molar-refractivity contribution is 5.54. The molecule has 1 atom stereocenters. The summed E-state index contributed by atoms with van der Waals surface area (Å²) < 4.78 is 5.64. The molecule has 1 fully saturated rings. The second-order valence-corrected chi connectivity index (χ2v) is 5.11. The minimum absolute atomic E-state index is 0.0279. The van der Waals surface area contributed by atoms with Gasteiger partial charge in [0, 0.05) is 44.7 Å². The fourth-order valence-electron chi connectivity index (χ4n) is 2.49. The fourth-order valence-corrected chi connectivity index (χ4v) is 2.49. The monoisotopic (exact) mass is 249 g/mol. The smallest absolute Gasteiger partial charge is 0.127 e. The third-order valence-electron chi connectivity index (χ3n) is 3.62. The number of methoxy groups -OCH3 is 1. The van der Waals surface area contributed by atoms with Crippen LogP contribution in [0.4, 0.5) is 11.5 Å². The number of anilines is 2. The van der Waals surface area contributed by atoms with Gasteiger partial charge in [-0.15, -0.1) is 0 Å². The molecule has 0 saturated carbocycles. The van der Waals surface area contributed by atoms with Crippen LogP contribution in [0.15, 0.2) is 18.3 Å². The molecular formula is C14H23N3O. The molecule has 1 aliphatic rings. The van der Waals surface area contributed by atoms with Crippen molar-refractivity contribution in [3.8, 4) is 0 Å². The van der Waals surface area contributed by atoms with Crippen LogP contribution in [0.3, 0.4) is 0 Å². The Hall–Kier alpha value is -1.29. The largest absolute Gasteiger partial charge is 0.377 e. The average molecular weight is 249 g/mol. The molecule has 1 aromatic rings. The fraction of sp³-hybridized carbons (Fsp3) is 0.643. The van der Waals surface area contributed by atoms with E-state index in [4.69, 9.17) is 4.74 Å². The van der Waals surface area contributed by atoms with Gasteiger partial charge in [-0.05, 0) is 32.8 Å². The molecule has 1 saturated heterocycles. The van der Waals surface area contributed by atoms with Crippen LogP contribution in [0.2, 0.25) is 0 Å². The van der Waals surface area contributed by atoms with E-state index in [1.165, 1.54) is 12.1 Å². The van der Waals surface area contributed by atoms with Gasteiger partial charge in [-0.25, -0.2) is 4.98 Å². The van der Waals surface area contributed by atoms with Crippen LogP contribution < -0.4 is 10.2 Å². The number of pyridine rings is 1. The third kappa shape index (κ3) is 2.93. The van der Waals surface area contributed by atoms with Gasteiger partial charge in [0.2, 0.25) is 0 Å². The third-order valence-corrected chi connectivity index (χ3v) is 3.62. The van der Waals surface area contributed by atoms with Crippen LogP contribution in [0, 0.1) is 0 Å². The normalized spacial score (nSPS) is 24.1. The second kappa shape index (κ2) is 5.57. The molecule has 1 N–H and O–H groups in total. The molecule has 0 aromatic carbocycles. The molecule has 18 heavy (non-hydrogen) atoms. The van der Waals surface area contributed by atoms with Crippen LogP contribution in [0.25, 0.3) is 0 Å². The Bertz CT molecular complexity index is 396. The number of ether oxygens (including phenoxy) is 1. The number of piperidine rings is 1. The maximum absolute atomic E-state index is 5.64. The summed E-state index contributed by atoms with van der Waals surface area (Å²) in [5.74, 6) is 0.944. The van der Waals surface area contributed by atoms with Gasteiger partial charge in [0.25, 0.3) is 0 Å². The van der Waals surface area contributed by atoms with Gasteiger partial charge in [0.05, 0.1) is 5.60 Å². The summed E-state index contributed by atoms with van der Waals surface area (Å²) >= 11 is 0. The quantitative estimate of drug-likeness (QED) is 0.889. The standard InChI is InChI=1S/C14H23N3O/c1-4-15-13-10-12(6-8-16-13)17-9-5-7-14(2,11-17)18-3/h6,8,10H,4-5,7,9,11H2,1-3H3,(H,15,16). The summed E-state index contributed by atoms with van der Waals surface area (Å²) in [5, 5.41) is 3.25. The highest BCUT2D eigenvalue weighted by atomic mass is 16.5. The van der Waals surface area contributed by atoms with Crippen LogP contribution in [0.5, 0.6) is 0 Å². The molecule has 100 valence electrons. The van der Waals surface area contributed by atoms with E-state index >= 15 is 0 Å². The molecule has 2 rings (SSSR count). The van der Waals surface area contributed by atoms with E-state index in [9.17, 15) is 0 Å². The Morgan fingerprint density at radius 2 is 2.39 bits per heavy atom. The predicted octanol–water partition coefficient (Wildman–Crippen LogP) is 2.52. The zero-order valence-corrected chi connectivity index (χ0v) is 11.6. The van der Waals surface area contributed by atoms with Gasteiger partial charge >= 0.3 is 0 Å². The first-order valence-electron chi connectivity index (χ1n) is 6.67. The summed E-state index contributed by atoms with van der Waals surface area (Å²) in [6, 6.07) is 4.19. The molecule has 0 aliphatic carbocycles. The lowest BCUT2D eigenvalue weighted by molar-refractivity contribution is -0.00465. The first-order valence-corrected chi connectivity index (χ1v) is 6.67. The molecule has 0 spiro atoms. The first kappa shape index (κ1) is 13.1. The van der Waals surface area contributed by atoms with Gasteiger partial charge < -0.3 is 15.0 Å². The molecule has 1 aromatic heterocycles. The van der Waals surface area contributed by atoms with Crippen LogP contribution in [0.1, 0.15) is 26.7 Å². The van der Waals surface area contributed by atoms with Crippen LogP contribution in [-0.4, -0.2) is 37.3 Å². The molecule has 0 amide bonds. The molecule has 1 aliphatic heterocycles. The summed E-state index contributed by atoms with van der Waals surface area (Å²) in [6.45, 7) is 7.20. The van der Waals surface area contributed by atoms with Gasteiger partial charge in [0.15, 0.2) is 0 Å². The van der Waals surface area contributed by atoms with Gasteiger partial charge in [-0.3, -0.25) is 0 Å². The van der Waals surface area contributed by atoms with Crippen LogP contribution >= 0.6 is 0 Å². The molecule has 4 heteroatoms. The van der Waals surface area contributed by atoms with Crippen LogP contribution in [-0.2, 0) is 4.74 Å². The molecule has 0 bridgehead atoms. The molecule has 0 radical (unpaired) electrons. The Balaban J connectivity index is 2.13. The Kier molecular flexibility index (Phi) is 4.07. The molecule has 4 nitrogen and oxygen atoms in total. The van der Waals surface area contributed by atoms with Crippen molar-refractivity contribution in [3.05, 3.63) is 18.3 Å². The number of rotatable bonds is 4. The molecular weight excluding hydrogens is 226 g/mol. The zero-order valence-electron chi connectivity index (χ0n) is 11.6. The van der Waals surface area contributed by atoms with Crippen molar-refractivity contribution in [3.63, 3.8) is 0 Å². The van der Waals surface area contributed by atoms with Crippen molar-refractivity contribution < 1.29 is 4.74 Å². The van der Waals surface area contributed by atoms with Crippen molar-refractivity contribution >= 4 is 11.5 Å². The van der Waals surface area contributed by atoms with E-state index in [-0.39, 0.29) is 5.60 Å². The predicted molar refractivity (Wildman–Crippen MR) is 75.3 cm³/mol. The van der Waals surface area contributed by atoms with E-state index in [0.29, 0.717) is 0 Å². The number of hydrogen-bond acceptors (Lipinski definition) is 4. The van der Waals surface area contributed by atoms with E-state index in [1.54, 1.807) is 7.11 Å². The number of nitrogens with zero attached hydrogens (tertiary/aromatic N) is 2. The first-order chi connectivity index (χ1) is 8.67. The van der Waals surface area contributed by atoms with E-state index in [2.05, 4.69) is 41.2 Å². The zero-order chi connectivity index (χ0) is 13.0. The molecule has 1 unspecified atom stereocenters. The Morgan fingerprint density at radius 3 is 3.11 bits per heavy atom. The van der Waals surface area contributed by atoms with Crippen molar-refractivity contribution in [2.45, 2.75) is 32.3 Å². The highest BCUT2D eigenvalue weighted by Crippen LogP contribution is 2.28. The van der Waals surface area contributed by atoms with E-state index in [0.717, 1.165) is 31.9 Å². The molecule has 2 heterocycles. The summed E-state index contributed by atoms with van der Waals surface area (Å²) in [5.41, 5.74) is 1.20. The minimum Gasteiger partial charge on any atom is -0.377 e. The number of hydrogen-bond donors (Lipinski definition) is 1. The van der Waals surface area contributed by atoms with E-state index < -0.39 is 0 Å². The Morgan fingerprint density at radius 1 is 1.56 bits per heavy atom. The summed E-state index contributed by atoms with van der Waals surface area (Å²) in [4.78, 5) is 6.70. The summed E-state index contributed by atoms with van der Waals surface area (Å²) in [6.07, 6.45) is 4.17. The lowest BCUT2D eigenvalue weighted by atomic mass is 9.94. The SMILES string of the molecule is CCNc1cc(N2CCCC(C)(OC)C2)ccn1. The van der Waals surface area contributed by atoms with Gasteiger partial charge in [-0.2, -0.15) is 0 Å². The number of nitrogens with one attached hydrogen (secondary N) is 1. The maximum Gasteiger partial charge on any atom is 0.127 e. The lowest BCUT2D eigenvalue weighted by Gasteiger charge is -2.40. The van der Waals surface area contributed by atoms with Crippen molar-refractivity contribution in [1.82, 2.24) is 4.98 Å². The van der Waals surface area contributed by atoms with Gasteiger partial charge in [-0.1, -0.05) is 0 Å². The second-order valence-electron chi connectivity index (χ2n) is 5.11. The average Bonchev–Trinajstić information content (AvgIpc) is 2.40. The Labute approximate surface area is 109 Å². The van der Waals surface area contributed by atoms with Crippen molar-refractivity contribution in [1.29, 1.82) is 0 Å². The van der Waals surface area contributed by atoms with Crippen molar-refractivity contribution in [2.75, 3.05) is 37.0 Å². The van der Waals surface area contributed by atoms with E-state index in [1.807, 2.05) is 6.20 Å². The maximum atomic E-state index is 5.64. The lowest BCUT2D eigenvalue weighted by Crippen LogP contribution is -2.47. The highest BCUT2D eigenvalue weighted by Gasteiger charge is 2.30. The number of aromatic nitrogens is 1. The minimum atomic E-state index is -0.0279. The summed E-state index contributed by atoms with van der Waals surface area (Å²) in [7, 11) is 1.81. The van der Waals surface area contributed by atoms with Gasteiger partial charge in [0.1, 0.15) is 5.82 Å². The van der Waals surface area contributed by atoms with Crippen molar-refractivity contribution in [2.24, 2.45) is 0 Å².